The third-order valence-corrected chi connectivity index (χ3v) is 2.26. The molecule has 0 spiro atoms. The van der Waals surface area contributed by atoms with Gasteiger partial charge in [-0.2, -0.15) is 0 Å². The Morgan fingerprint density at radius 1 is 1.13 bits per heavy atom. The van der Waals surface area contributed by atoms with Gasteiger partial charge in [-0.1, -0.05) is 6.08 Å². The van der Waals surface area contributed by atoms with Gasteiger partial charge >= 0.3 is 0 Å². The highest BCUT2D eigenvalue weighted by Crippen LogP contribution is 2.15. The van der Waals surface area contributed by atoms with Crippen LogP contribution in [0.3, 0.4) is 0 Å². The van der Waals surface area contributed by atoms with Gasteiger partial charge < -0.3 is 0 Å². The zero-order valence-electron chi connectivity index (χ0n) is 7.80. The molecule has 1 rings (SSSR count). The fraction of sp³-hybridized carbons (Fsp3) is 0.0909. The van der Waals surface area contributed by atoms with Crippen LogP contribution in [0.5, 0.6) is 0 Å². The van der Waals surface area contributed by atoms with E-state index in [0.29, 0.717) is 6.42 Å². The van der Waals surface area contributed by atoms with E-state index in [0.717, 1.165) is 5.56 Å². The summed E-state index contributed by atoms with van der Waals surface area (Å²) in [5.74, 6) is 0. The summed E-state index contributed by atoms with van der Waals surface area (Å²) in [6.45, 7) is 3.57. The summed E-state index contributed by atoms with van der Waals surface area (Å²) >= 11 is 10.7. The standard InChI is InChI=1S/C11H8Cl2O2/c1-2-3-7-4-8(10(12)14)6-9(5-7)11(13)15/h2,4-6H,1,3H2. The van der Waals surface area contributed by atoms with Crippen LogP contribution in [0.25, 0.3) is 0 Å². The van der Waals surface area contributed by atoms with Crippen LogP contribution < -0.4 is 0 Å². The van der Waals surface area contributed by atoms with Crippen molar-refractivity contribution in [3.63, 3.8) is 0 Å². The Labute approximate surface area is 97.5 Å². The molecule has 0 saturated carbocycles. The summed E-state index contributed by atoms with van der Waals surface area (Å²) in [6.07, 6.45) is 2.22. The molecule has 0 saturated heterocycles. The van der Waals surface area contributed by atoms with Gasteiger partial charge in [0.2, 0.25) is 0 Å². The highest BCUT2D eigenvalue weighted by Gasteiger charge is 2.09. The van der Waals surface area contributed by atoms with Crippen LogP contribution in [-0.2, 0) is 6.42 Å². The van der Waals surface area contributed by atoms with Crippen molar-refractivity contribution in [3.8, 4) is 0 Å². The van der Waals surface area contributed by atoms with E-state index in [9.17, 15) is 9.59 Å². The van der Waals surface area contributed by atoms with E-state index in [4.69, 9.17) is 23.2 Å². The second-order valence-electron chi connectivity index (χ2n) is 2.96. The maximum Gasteiger partial charge on any atom is 0.252 e. The molecule has 0 radical (unpaired) electrons. The van der Waals surface area contributed by atoms with Gasteiger partial charge in [-0.3, -0.25) is 9.59 Å². The van der Waals surface area contributed by atoms with Gasteiger partial charge in [0, 0.05) is 11.1 Å². The molecule has 78 valence electrons. The molecule has 0 fully saturated rings. The Bertz CT molecular complexity index is 392. The van der Waals surface area contributed by atoms with Gasteiger partial charge in [0.05, 0.1) is 0 Å². The zero-order chi connectivity index (χ0) is 11.4. The van der Waals surface area contributed by atoms with Crippen LogP contribution in [0.1, 0.15) is 26.3 Å². The van der Waals surface area contributed by atoms with Crippen LogP contribution in [-0.4, -0.2) is 10.5 Å². The molecule has 0 aliphatic heterocycles. The first kappa shape index (κ1) is 12.0. The van der Waals surface area contributed by atoms with E-state index >= 15 is 0 Å². The maximum atomic E-state index is 11.0. The molecule has 0 heterocycles. The van der Waals surface area contributed by atoms with Crippen LogP contribution >= 0.6 is 23.2 Å². The SMILES string of the molecule is C=CCc1cc(C(=O)Cl)cc(C(=O)Cl)c1. The van der Waals surface area contributed by atoms with Gasteiger partial charge in [-0.15, -0.1) is 6.58 Å². The molecule has 1 aromatic rings. The highest BCUT2D eigenvalue weighted by molar-refractivity contribution is 6.69. The van der Waals surface area contributed by atoms with E-state index in [1.807, 2.05) is 0 Å². The smallest absolute Gasteiger partial charge is 0.252 e. The van der Waals surface area contributed by atoms with Crippen molar-refractivity contribution < 1.29 is 9.59 Å². The monoisotopic (exact) mass is 242 g/mol. The first-order valence-corrected chi connectivity index (χ1v) is 4.94. The molecule has 0 aromatic heterocycles. The lowest BCUT2D eigenvalue weighted by atomic mass is 10.0. The molecule has 0 unspecified atom stereocenters. The minimum Gasteiger partial charge on any atom is -0.276 e. The van der Waals surface area contributed by atoms with Crippen molar-refractivity contribution >= 4 is 33.7 Å². The van der Waals surface area contributed by atoms with Gasteiger partial charge in [0.25, 0.3) is 10.5 Å². The number of benzene rings is 1. The first-order valence-electron chi connectivity index (χ1n) is 4.19. The number of allylic oxidation sites excluding steroid dienone is 1. The van der Waals surface area contributed by atoms with Crippen LogP contribution in [0.4, 0.5) is 0 Å². The van der Waals surface area contributed by atoms with Crippen LogP contribution in [0, 0.1) is 0 Å². The molecular formula is C11H8Cl2O2. The van der Waals surface area contributed by atoms with E-state index < -0.39 is 10.5 Å². The summed E-state index contributed by atoms with van der Waals surface area (Å²) in [5.41, 5.74) is 1.31. The lowest BCUT2D eigenvalue weighted by Crippen LogP contribution is -1.98. The molecule has 4 heteroatoms. The Balaban J connectivity index is 3.25. The molecule has 0 N–H and O–H groups in total. The van der Waals surface area contributed by atoms with Crippen LogP contribution in [0.15, 0.2) is 30.9 Å². The molecular weight excluding hydrogens is 235 g/mol. The fourth-order valence-corrected chi connectivity index (χ4v) is 1.42. The molecule has 0 bridgehead atoms. The van der Waals surface area contributed by atoms with Crippen molar-refractivity contribution in [2.24, 2.45) is 0 Å². The van der Waals surface area contributed by atoms with Crippen molar-refractivity contribution in [1.29, 1.82) is 0 Å². The largest absolute Gasteiger partial charge is 0.276 e. The molecule has 15 heavy (non-hydrogen) atoms. The summed E-state index contributed by atoms with van der Waals surface area (Å²) in [6, 6.07) is 4.60. The van der Waals surface area contributed by atoms with E-state index in [2.05, 4.69) is 6.58 Å². The molecule has 1 aromatic carbocycles. The van der Waals surface area contributed by atoms with Gasteiger partial charge in [-0.05, 0) is 53.4 Å². The zero-order valence-corrected chi connectivity index (χ0v) is 9.31. The molecule has 2 nitrogen and oxygen atoms in total. The average Bonchev–Trinajstić information content (AvgIpc) is 2.17. The minimum atomic E-state index is -0.611. The van der Waals surface area contributed by atoms with Crippen LogP contribution in [0.2, 0.25) is 0 Å². The van der Waals surface area contributed by atoms with Crippen molar-refractivity contribution in [1.82, 2.24) is 0 Å². The maximum absolute atomic E-state index is 11.0. The molecule has 0 aliphatic rings. The fourth-order valence-electron chi connectivity index (χ4n) is 1.20. The van der Waals surface area contributed by atoms with Gasteiger partial charge in [0.1, 0.15) is 0 Å². The minimum absolute atomic E-state index is 0.264. The molecule has 0 aliphatic carbocycles. The predicted octanol–water partition coefficient (Wildman–Crippen LogP) is 3.17. The molecule has 0 atom stereocenters. The first-order chi connectivity index (χ1) is 7.04. The summed E-state index contributed by atoms with van der Waals surface area (Å²) in [4.78, 5) is 21.9. The van der Waals surface area contributed by atoms with Gasteiger partial charge in [-0.25, -0.2) is 0 Å². The Morgan fingerprint density at radius 2 is 1.60 bits per heavy atom. The number of rotatable bonds is 4. The Morgan fingerprint density at radius 3 is 1.93 bits per heavy atom. The second-order valence-corrected chi connectivity index (χ2v) is 3.65. The molecule has 0 amide bonds. The second kappa shape index (κ2) is 5.10. The quantitative estimate of drug-likeness (QED) is 0.601. The predicted molar refractivity (Wildman–Crippen MR) is 60.7 cm³/mol. The summed E-state index contributed by atoms with van der Waals surface area (Å²) in [7, 11) is 0. The number of hydrogen-bond donors (Lipinski definition) is 0. The number of hydrogen-bond acceptors (Lipinski definition) is 2. The van der Waals surface area contributed by atoms with Gasteiger partial charge in [0.15, 0.2) is 0 Å². The third-order valence-electron chi connectivity index (χ3n) is 1.83. The Kier molecular flexibility index (Phi) is 4.06. The van der Waals surface area contributed by atoms with Crippen molar-refractivity contribution in [3.05, 3.63) is 47.5 Å². The number of halogens is 2. The lowest BCUT2D eigenvalue weighted by Gasteiger charge is -2.02. The van der Waals surface area contributed by atoms with E-state index in [1.54, 1.807) is 18.2 Å². The normalized spacial score (nSPS) is 9.73. The Hall–Kier alpha value is -1.12. The third kappa shape index (κ3) is 3.18. The summed E-state index contributed by atoms with van der Waals surface area (Å²) < 4.78 is 0. The van der Waals surface area contributed by atoms with Crippen molar-refractivity contribution in [2.45, 2.75) is 6.42 Å². The summed E-state index contributed by atoms with van der Waals surface area (Å²) in [5, 5.41) is -1.22. The number of carbonyl (C=O) groups is 2. The van der Waals surface area contributed by atoms with Crippen molar-refractivity contribution in [2.75, 3.05) is 0 Å². The average molecular weight is 243 g/mol. The lowest BCUT2D eigenvalue weighted by molar-refractivity contribution is 0.108. The van der Waals surface area contributed by atoms with E-state index in [1.165, 1.54) is 6.07 Å². The van der Waals surface area contributed by atoms with E-state index in [-0.39, 0.29) is 11.1 Å². The topological polar surface area (TPSA) is 34.1 Å². The number of carbonyl (C=O) groups excluding carboxylic acids is 2. The highest BCUT2D eigenvalue weighted by atomic mass is 35.5.